The molecule has 0 aliphatic rings. The van der Waals surface area contributed by atoms with Crippen LogP contribution in [-0.2, 0) is 17.8 Å². The molecule has 3 aromatic heterocycles. The Balaban J connectivity index is 1.41. The van der Waals surface area contributed by atoms with Crippen molar-refractivity contribution in [2.75, 3.05) is 5.32 Å². The average Bonchev–Trinajstić information content (AvgIpc) is 3.35. The summed E-state index contributed by atoms with van der Waals surface area (Å²) in [6.45, 7) is 4.45. The number of anilines is 1. The number of aromatic nitrogens is 3. The van der Waals surface area contributed by atoms with E-state index in [0.717, 1.165) is 29.0 Å². The van der Waals surface area contributed by atoms with Gasteiger partial charge in [-0.05, 0) is 30.4 Å². The maximum Gasteiger partial charge on any atom is 0.262 e. The van der Waals surface area contributed by atoms with Gasteiger partial charge in [-0.25, -0.2) is 9.97 Å². The minimum atomic E-state index is -0.175. The third kappa shape index (κ3) is 4.34. The topological polar surface area (TPSA) is 76.9 Å². The number of rotatable bonds is 7. The Bertz CT molecular complexity index is 1240. The quantitative estimate of drug-likeness (QED) is 0.446. The minimum Gasteiger partial charge on any atom is -0.302 e. The van der Waals surface area contributed by atoms with E-state index in [1.165, 1.54) is 39.1 Å². The van der Waals surface area contributed by atoms with Crippen LogP contribution in [0.2, 0.25) is 0 Å². The maximum absolute atomic E-state index is 12.4. The molecule has 8 heteroatoms. The second-order valence-electron chi connectivity index (χ2n) is 7.05. The number of hydrogen-bond acceptors (Lipinski definition) is 6. The number of carbonyl (C=O) groups is 1. The molecule has 6 nitrogen and oxygen atoms in total. The highest BCUT2D eigenvalue weighted by Crippen LogP contribution is 2.30. The summed E-state index contributed by atoms with van der Waals surface area (Å²) < 4.78 is 1.48. The monoisotopic (exact) mass is 438 g/mol. The van der Waals surface area contributed by atoms with Crippen molar-refractivity contribution < 1.29 is 4.79 Å². The number of aryl methyl sites for hydroxylation is 3. The predicted octanol–water partition coefficient (Wildman–Crippen LogP) is 4.87. The number of thiazole rings is 1. The van der Waals surface area contributed by atoms with E-state index in [1.807, 2.05) is 12.3 Å². The van der Waals surface area contributed by atoms with Crippen LogP contribution in [0.15, 0.2) is 46.8 Å². The van der Waals surface area contributed by atoms with Gasteiger partial charge in [0.2, 0.25) is 5.91 Å². The van der Waals surface area contributed by atoms with Crippen molar-refractivity contribution in [3.05, 3.63) is 62.8 Å². The highest BCUT2D eigenvalue weighted by Gasteiger charge is 2.13. The van der Waals surface area contributed by atoms with Crippen LogP contribution in [0.4, 0.5) is 5.13 Å². The van der Waals surface area contributed by atoms with Gasteiger partial charge < -0.3 is 5.32 Å². The molecule has 3 heterocycles. The van der Waals surface area contributed by atoms with Crippen molar-refractivity contribution in [2.45, 2.75) is 39.7 Å². The van der Waals surface area contributed by atoms with Crippen molar-refractivity contribution in [2.24, 2.45) is 0 Å². The lowest BCUT2D eigenvalue weighted by molar-refractivity contribution is -0.116. The van der Waals surface area contributed by atoms with Crippen LogP contribution in [0.1, 0.15) is 30.2 Å². The fourth-order valence-electron chi connectivity index (χ4n) is 3.29. The van der Waals surface area contributed by atoms with Gasteiger partial charge in [-0.3, -0.25) is 14.2 Å². The van der Waals surface area contributed by atoms with Gasteiger partial charge in [0.15, 0.2) is 5.13 Å². The van der Waals surface area contributed by atoms with Crippen LogP contribution < -0.4 is 10.9 Å². The lowest BCUT2D eigenvalue weighted by Crippen LogP contribution is -2.23. The molecule has 0 spiro atoms. The number of benzene rings is 1. The van der Waals surface area contributed by atoms with Crippen LogP contribution in [0.3, 0.4) is 0 Å². The Morgan fingerprint density at radius 1 is 1.20 bits per heavy atom. The van der Waals surface area contributed by atoms with E-state index < -0.39 is 0 Å². The summed E-state index contributed by atoms with van der Waals surface area (Å²) in [6.07, 6.45) is 3.86. The number of thiophene rings is 1. The molecule has 0 aliphatic heterocycles. The van der Waals surface area contributed by atoms with E-state index in [1.54, 1.807) is 6.07 Å². The van der Waals surface area contributed by atoms with E-state index in [0.29, 0.717) is 15.3 Å². The van der Waals surface area contributed by atoms with Gasteiger partial charge in [0, 0.05) is 23.4 Å². The molecule has 0 unspecified atom stereocenters. The second-order valence-corrected chi connectivity index (χ2v) is 9.15. The van der Waals surface area contributed by atoms with Crippen LogP contribution >= 0.6 is 22.7 Å². The Hall–Kier alpha value is -2.84. The number of hydrogen-bond donors (Lipinski definition) is 1. The molecule has 0 saturated heterocycles. The fraction of sp³-hybridized carbons (Fsp3) is 0.273. The normalized spacial score (nSPS) is 11.1. The molecule has 4 aromatic rings. The summed E-state index contributed by atoms with van der Waals surface area (Å²) in [4.78, 5) is 35.5. The van der Waals surface area contributed by atoms with E-state index in [2.05, 4.69) is 46.5 Å². The molecule has 154 valence electrons. The molecular formula is C22H22N4O2S2. The van der Waals surface area contributed by atoms with Gasteiger partial charge in [0.25, 0.3) is 5.56 Å². The van der Waals surface area contributed by atoms with E-state index in [4.69, 9.17) is 0 Å². The first kappa shape index (κ1) is 20.4. The lowest BCUT2D eigenvalue weighted by atomic mass is 10.1. The molecule has 0 fully saturated rings. The number of fused-ring (bicyclic) bond motifs is 1. The Labute approximate surface area is 182 Å². The number of carbonyl (C=O) groups excluding carboxylic acids is 1. The smallest absolute Gasteiger partial charge is 0.262 e. The van der Waals surface area contributed by atoms with Crippen LogP contribution in [-0.4, -0.2) is 20.4 Å². The molecule has 1 aromatic carbocycles. The van der Waals surface area contributed by atoms with Crippen molar-refractivity contribution in [1.82, 2.24) is 14.5 Å². The van der Waals surface area contributed by atoms with Crippen molar-refractivity contribution in [1.29, 1.82) is 0 Å². The maximum atomic E-state index is 12.4. The number of nitrogens with one attached hydrogen (secondary N) is 1. The van der Waals surface area contributed by atoms with Crippen LogP contribution in [0, 0.1) is 6.92 Å². The van der Waals surface area contributed by atoms with E-state index >= 15 is 0 Å². The standard InChI is InChI=1S/C22H22N4O2S2/c1-3-4-15-5-7-16(8-6-15)19-14(2)30-22(25-19)24-18(27)9-11-26-13-23-20-17(21(26)28)10-12-29-20/h5-8,10,12-13H,3-4,9,11H2,1-2H3,(H,24,25,27). The molecule has 0 aliphatic carbocycles. The zero-order valence-electron chi connectivity index (χ0n) is 16.8. The molecule has 4 rings (SSSR count). The zero-order valence-corrected chi connectivity index (χ0v) is 18.5. The molecule has 30 heavy (non-hydrogen) atoms. The van der Waals surface area contributed by atoms with E-state index in [-0.39, 0.29) is 24.4 Å². The molecule has 0 saturated carbocycles. The lowest BCUT2D eigenvalue weighted by Gasteiger charge is -2.05. The summed E-state index contributed by atoms with van der Waals surface area (Å²) in [5.41, 5.74) is 3.13. The van der Waals surface area contributed by atoms with Gasteiger partial charge in [0.1, 0.15) is 4.83 Å². The van der Waals surface area contributed by atoms with Crippen LogP contribution in [0.25, 0.3) is 21.5 Å². The second kappa shape index (κ2) is 8.89. The first-order chi connectivity index (χ1) is 14.5. The summed E-state index contributed by atoms with van der Waals surface area (Å²) in [5.74, 6) is -0.175. The van der Waals surface area contributed by atoms with E-state index in [9.17, 15) is 9.59 Å². The van der Waals surface area contributed by atoms with Crippen molar-refractivity contribution in [3.63, 3.8) is 0 Å². The Morgan fingerprint density at radius 2 is 2.00 bits per heavy atom. The molecule has 1 N–H and O–H groups in total. The fourth-order valence-corrected chi connectivity index (χ4v) is 4.87. The SMILES string of the molecule is CCCc1ccc(-c2nc(NC(=O)CCn3cnc4sccc4c3=O)sc2C)cc1. The van der Waals surface area contributed by atoms with Crippen molar-refractivity contribution >= 4 is 43.9 Å². The molecule has 0 atom stereocenters. The Morgan fingerprint density at radius 3 is 2.77 bits per heavy atom. The Kier molecular flexibility index (Phi) is 6.06. The van der Waals surface area contributed by atoms with Gasteiger partial charge in [-0.1, -0.05) is 37.6 Å². The first-order valence-corrected chi connectivity index (χ1v) is 11.5. The third-order valence-corrected chi connectivity index (χ3v) is 6.55. The van der Waals surface area contributed by atoms with Gasteiger partial charge in [-0.15, -0.1) is 22.7 Å². The molecule has 0 bridgehead atoms. The number of amides is 1. The van der Waals surface area contributed by atoms with Crippen molar-refractivity contribution in [3.8, 4) is 11.3 Å². The summed E-state index contributed by atoms with van der Waals surface area (Å²) in [7, 11) is 0. The van der Waals surface area contributed by atoms with Gasteiger partial charge >= 0.3 is 0 Å². The largest absolute Gasteiger partial charge is 0.302 e. The summed E-state index contributed by atoms with van der Waals surface area (Å²) in [5, 5.41) is 5.87. The molecule has 0 radical (unpaired) electrons. The minimum absolute atomic E-state index is 0.118. The highest BCUT2D eigenvalue weighted by molar-refractivity contribution is 7.16. The number of nitrogens with zero attached hydrogens (tertiary/aromatic N) is 3. The average molecular weight is 439 g/mol. The van der Waals surface area contributed by atoms with Gasteiger partial charge in [-0.2, -0.15) is 0 Å². The summed E-state index contributed by atoms with van der Waals surface area (Å²) >= 11 is 2.89. The molecular weight excluding hydrogens is 416 g/mol. The first-order valence-electron chi connectivity index (χ1n) is 9.84. The zero-order chi connectivity index (χ0) is 21.1. The third-order valence-electron chi connectivity index (χ3n) is 4.84. The molecule has 1 amide bonds. The predicted molar refractivity (Wildman–Crippen MR) is 123 cm³/mol. The summed E-state index contributed by atoms with van der Waals surface area (Å²) in [6, 6.07) is 10.2. The van der Waals surface area contributed by atoms with Crippen LogP contribution in [0.5, 0.6) is 0 Å². The van der Waals surface area contributed by atoms with Gasteiger partial charge in [0.05, 0.1) is 17.4 Å². The highest BCUT2D eigenvalue weighted by atomic mass is 32.1.